The van der Waals surface area contributed by atoms with Gasteiger partial charge in [0, 0.05) is 62.9 Å². The predicted octanol–water partition coefficient (Wildman–Crippen LogP) is 13.3. The maximum atomic E-state index is 6.91. The van der Waals surface area contributed by atoms with E-state index in [0.29, 0.717) is 11.5 Å². The molecule has 1 aliphatic carbocycles. The van der Waals surface area contributed by atoms with E-state index < -0.39 is 5.41 Å². The summed E-state index contributed by atoms with van der Waals surface area (Å²) in [6, 6.07) is 41.7. The Bertz CT molecular complexity index is 3390. The van der Waals surface area contributed by atoms with Crippen LogP contribution in [0.5, 0.6) is 11.5 Å². The molecule has 0 saturated carbocycles. The van der Waals surface area contributed by atoms with Gasteiger partial charge in [-0.3, -0.25) is 0 Å². The molecule has 1 spiro atoms. The molecule has 0 amide bonds. The minimum absolute atomic E-state index is 0. The second kappa shape index (κ2) is 14.4. The molecule has 3 aromatic heterocycles. The number of para-hydroxylation sites is 2. The molecule has 9 aromatic rings. The van der Waals surface area contributed by atoms with Crippen molar-refractivity contribution in [2.24, 2.45) is 14.1 Å². The van der Waals surface area contributed by atoms with E-state index in [1.807, 2.05) is 30.1 Å². The number of fused-ring (bicyclic) bond motifs is 12. The van der Waals surface area contributed by atoms with E-state index >= 15 is 0 Å². The fourth-order valence-corrected chi connectivity index (χ4v) is 11.0. The first-order valence-corrected chi connectivity index (χ1v) is 23.1. The van der Waals surface area contributed by atoms with Gasteiger partial charge in [0.25, 0.3) is 0 Å². The van der Waals surface area contributed by atoms with E-state index in [1.54, 1.807) is 0 Å². The van der Waals surface area contributed by atoms with Crippen molar-refractivity contribution in [2.45, 2.75) is 110 Å². The number of aromatic nitrogens is 5. The third-order valence-corrected chi connectivity index (χ3v) is 14.2. The maximum Gasteiger partial charge on any atom is 0.242 e. The molecule has 6 nitrogen and oxygen atoms in total. The largest absolute Gasteiger partial charge is 0.510 e. The Labute approximate surface area is 404 Å². The average molecular weight is 1050 g/mol. The van der Waals surface area contributed by atoms with Crippen LogP contribution in [0.2, 0.25) is 0 Å². The number of imidazole rings is 2. The van der Waals surface area contributed by atoms with E-state index in [9.17, 15) is 0 Å². The molecule has 1 aliphatic heterocycles. The standard InChI is InChI=1S/C59H59N5O.Pt/c1-55(2,3)35-28-41-42-29-36(56(4,5)6)31-46(58(10,11)12)52(42)59(51(41)45(30-35)57(7,8)9)43-25-23-38(33-50(43)63-34-62(14)48-21-17-19-44(59)53(48)63)65-37-22-24-40-39-18-15-16-20-47(39)64(49(40)32-37)54-60-26-27-61(54)13;/h15-31H,1-14H3;/q-2;. The summed E-state index contributed by atoms with van der Waals surface area (Å²) in [5, 5.41) is 2.23. The first-order valence-electron chi connectivity index (χ1n) is 23.1. The second-order valence-electron chi connectivity index (χ2n) is 22.8. The van der Waals surface area contributed by atoms with Crippen LogP contribution in [0.3, 0.4) is 0 Å². The van der Waals surface area contributed by atoms with Crippen LogP contribution < -0.4 is 9.30 Å². The average Bonchev–Trinajstić information content (AvgIpc) is 3.98. The van der Waals surface area contributed by atoms with E-state index in [1.165, 1.54) is 55.6 Å². The Morgan fingerprint density at radius 2 is 1.24 bits per heavy atom. The normalized spacial score (nSPS) is 14.2. The van der Waals surface area contributed by atoms with E-state index in [-0.39, 0.29) is 42.7 Å². The molecule has 66 heavy (non-hydrogen) atoms. The molecule has 6 aromatic carbocycles. The summed E-state index contributed by atoms with van der Waals surface area (Å²) in [7, 11) is 4.13. The SMILES string of the molecule is Cn1ccnc1-n1c2[c-]c(Oc3[c-]c4c(cc3)C3(c5c(cc(C(C)(C)C)cc5C(C)(C)C)-c5cc(C(C)(C)C)cc(C(C)(C)C)c53)c3cccc5c3n-4[c-][n+]5C)ccc2c2ccccc21.[Pt]. The summed E-state index contributed by atoms with van der Waals surface area (Å²) >= 11 is 0. The fraction of sp³-hybridized carbons (Fsp3) is 0.322. The van der Waals surface area contributed by atoms with Crippen LogP contribution in [0.15, 0.2) is 103 Å². The number of rotatable bonds is 3. The van der Waals surface area contributed by atoms with Gasteiger partial charge in [-0.1, -0.05) is 155 Å². The zero-order valence-corrected chi connectivity index (χ0v) is 43.0. The molecule has 0 unspecified atom stereocenters. The second-order valence-corrected chi connectivity index (χ2v) is 22.8. The van der Waals surface area contributed by atoms with Crippen LogP contribution >= 0.6 is 0 Å². The van der Waals surface area contributed by atoms with E-state index in [2.05, 4.69) is 207 Å². The number of ether oxygens (including phenoxy) is 1. The summed E-state index contributed by atoms with van der Waals surface area (Å²) in [6.45, 7) is 28.4. The molecule has 338 valence electrons. The fourth-order valence-electron chi connectivity index (χ4n) is 11.0. The monoisotopic (exact) mass is 1050 g/mol. The van der Waals surface area contributed by atoms with Crippen LogP contribution in [0.1, 0.15) is 128 Å². The Morgan fingerprint density at radius 3 is 1.83 bits per heavy atom. The van der Waals surface area contributed by atoms with Gasteiger partial charge in [-0.25, -0.2) is 4.98 Å². The molecule has 7 heteroatoms. The molecule has 0 radical (unpaired) electrons. The number of aryl methyl sites for hydroxylation is 2. The Kier molecular flexibility index (Phi) is 9.63. The number of benzene rings is 6. The topological polar surface area (TPSA) is 40.8 Å². The van der Waals surface area contributed by atoms with Gasteiger partial charge in [0.15, 0.2) is 0 Å². The summed E-state index contributed by atoms with van der Waals surface area (Å²) < 4.78 is 15.5. The van der Waals surface area contributed by atoms with Gasteiger partial charge >= 0.3 is 0 Å². The third kappa shape index (κ3) is 6.23. The van der Waals surface area contributed by atoms with Crippen molar-refractivity contribution in [2.75, 3.05) is 0 Å². The van der Waals surface area contributed by atoms with Crippen LogP contribution in [0.25, 0.3) is 55.6 Å². The minimum Gasteiger partial charge on any atom is -0.510 e. The quantitative estimate of drug-likeness (QED) is 0.131. The molecular weight excluding hydrogens is 990 g/mol. The summed E-state index contributed by atoms with van der Waals surface area (Å²) in [5.74, 6) is 2.04. The molecule has 11 rings (SSSR count). The smallest absolute Gasteiger partial charge is 0.242 e. The van der Waals surface area contributed by atoms with Gasteiger partial charge < -0.3 is 23.0 Å². The third-order valence-electron chi connectivity index (χ3n) is 14.2. The van der Waals surface area contributed by atoms with E-state index in [4.69, 9.17) is 9.72 Å². The molecule has 2 aliphatic rings. The number of nitrogens with zero attached hydrogens (tertiary/aromatic N) is 5. The van der Waals surface area contributed by atoms with Crippen molar-refractivity contribution < 1.29 is 30.4 Å². The van der Waals surface area contributed by atoms with Crippen molar-refractivity contribution in [3.05, 3.63) is 166 Å². The zero-order valence-electron chi connectivity index (χ0n) is 40.8. The van der Waals surface area contributed by atoms with Crippen LogP contribution in [0.4, 0.5) is 0 Å². The maximum absolute atomic E-state index is 6.91. The first kappa shape index (κ1) is 44.1. The number of hydrogen-bond acceptors (Lipinski definition) is 2. The summed E-state index contributed by atoms with van der Waals surface area (Å²) in [4.78, 5) is 4.75. The molecule has 0 saturated heterocycles. The summed E-state index contributed by atoms with van der Waals surface area (Å²) in [6.07, 6.45) is 7.55. The Morgan fingerprint density at radius 1 is 0.636 bits per heavy atom. The van der Waals surface area contributed by atoms with Crippen molar-refractivity contribution >= 4 is 32.8 Å². The van der Waals surface area contributed by atoms with Gasteiger partial charge in [-0.05, 0) is 83.2 Å². The van der Waals surface area contributed by atoms with Gasteiger partial charge in [0.05, 0.1) is 18.1 Å². The van der Waals surface area contributed by atoms with Crippen molar-refractivity contribution in [1.82, 2.24) is 18.7 Å². The van der Waals surface area contributed by atoms with Crippen molar-refractivity contribution in [3.63, 3.8) is 0 Å². The van der Waals surface area contributed by atoms with Crippen molar-refractivity contribution in [1.29, 1.82) is 0 Å². The molecule has 0 atom stereocenters. The first-order chi connectivity index (χ1) is 30.6. The van der Waals surface area contributed by atoms with Gasteiger partial charge in [-0.15, -0.1) is 35.2 Å². The zero-order chi connectivity index (χ0) is 45.9. The minimum atomic E-state index is -0.685. The predicted molar refractivity (Wildman–Crippen MR) is 264 cm³/mol. The van der Waals surface area contributed by atoms with Gasteiger partial charge in [-0.2, -0.15) is 12.1 Å². The summed E-state index contributed by atoms with van der Waals surface area (Å²) in [5.41, 5.74) is 17.3. The molecule has 0 N–H and O–H groups in total. The number of hydrogen-bond donors (Lipinski definition) is 0. The van der Waals surface area contributed by atoms with E-state index in [0.717, 1.165) is 44.5 Å². The molecular formula is C59H59N5OPt-2. The van der Waals surface area contributed by atoms with Gasteiger partial charge in [0.1, 0.15) is 0 Å². The Hall–Kier alpha value is -5.71. The van der Waals surface area contributed by atoms with Crippen LogP contribution in [-0.2, 0) is 62.2 Å². The molecule has 0 bridgehead atoms. The Balaban J connectivity index is 0.00000511. The molecule has 0 fully saturated rings. The van der Waals surface area contributed by atoms with Crippen LogP contribution in [0, 0.1) is 18.5 Å². The van der Waals surface area contributed by atoms with Crippen molar-refractivity contribution in [3.8, 4) is 34.3 Å². The molecule has 4 heterocycles. The van der Waals surface area contributed by atoms with Crippen LogP contribution in [-0.4, -0.2) is 18.7 Å². The van der Waals surface area contributed by atoms with Gasteiger partial charge in [0.2, 0.25) is 12.3 Å².